The summed E-state index contributed by atoms with van der Waals surface area (Å²) in [6.07, 6.45) is 4.41. The molecule has 0 fully saturated rings. The Bertz CT molecular complexity index is 512. The van der Waals surface area contributed by atoms with Crippen LogP contribution in [0, 0.1) is 19.8 Å². The number of aryl methyl sites for hydroxylation is 2. The highest BCUT2D eigenvalue weighted by Gasteiger charge is 2.15. The molecule has 122 valence electrons. The highest BCUT2D eigenvalue weighted by Crippen LogP contribution is 2.14. The van der Waals surface area contributed by atoms with Crippen molar-refractivity contribution in [1.29, 1.82) is 0 Å². The summed E-state index contributed by atoms with van der Waals surface area (Å²) in [5.41, 5.74) is 2.90. The lowest BCUT2D eigenvalue weighted by atomic mass is 9.99. The number of anilines is 1. The number of amides is 2. The van der Waals surface area contributed by atoms with Gasteiger partial charge in [-0.15, -0.1) is 0 Å². The first kappa shape index (κ1) is 18.2. The van der Waals surface area contributed by atoms with E-state index in [0.717, 1.165) is 36.8 Å². The molecule has 0 saturated carbocycles. The Kier molecular flexibility index (Phi) is 7.64. The van der Waals surface area contributed by atoms with E-state index in [2.05, 4.69) is 24.5 Å². The van der Waals surface area contributed by atoms with Gasteiger partial charge >= 0.3 is 11.8 Å². The van der Waals surface area contributed by atoms with Crippen molar-refractivity contribution in [3.05, 3.63) is 29.3 Å². The summed E-state index contributed by atoms with van der Waals surface area (Å²) in [5.74, 6) is -0.722. The van der Waals surface area contributed by atoms with Crippen LogP contribution in [0.2, 0.25) is 0 Å². The summed E-state index contributed by atoms with van der Waals surface area (Å²) >= 11 is 0. The number of hydrogen-bond acceptors (Lipinski definition) is 2. The van der Waals surface area contributed by atoms with Crippen molar-refractivity contribution >= 4 is 17.5 Å². The quantitative estimate of drug-likeness (QED) is 0.757. The van der Waals surface area contributed by atoms with Gasteiger partial charge in [0.2, 0.25) is 0 Å². The van der Waals surface area contributed by atoms with E-state index in [1.54, 1.807) is 0 Å². The highest BCUT2D eigenvalue weighted by molar-refractivity contribution is 6.39. The van der Waals surface area contributed by atoms with Gasteiger partial charge in [0.15, 0.2) is 0 Å². The van der Waals surface area contributed by atoms with Crippen LogP contribution >= 0.6 is 0 Å². The molecular weight excluding hydrogens is 276 g/mol. The van der Waals surface area contributed by atoms with Gasteiger partial charge in [0, 0.05) is 12.2 Å². The first-order chi connectivity index (χ1) is 10.5. The fraction of sp³-hybridized carbons (Fsp3) is 0.556. The molecule has 22 heavy (non-hydrogen) atoms. The molecule has 0 aliphatic carbocycles. The second kappa shape index (κ2) is 9.23. The normalized spacial score (nSPS) is 11.8. The molecule has 0 unspecified atom stereocenters. The Labute approximate surface area is 133 Å². The molecule has 0 aliphatic rings. The average Bonchev–Trinajstić information content (AvgIpc) is 2.50. The van der Waals surface area contributed by atoms with Crippen molar-refractivity contribution in [1.82, 2.24) is 5.32 Å². The predicted molar refractivity (Wildman–Crippen MR) is 90.9 cm³/mol. The highest BCUT2D eigenvalue weighted by atomic mass is 16.2. The zero-order valence-corrected chi connectivity index (χ0v) is 14.2. The van der Waals surface area contributed by atoms with Crippen LogP contribution in [0.3, 0.4) is 0 Å². The molecule has 0 aliphatic heterocycles. The van der Waals surface area contributed by atoms with Crippen LogP contribution in [0.5, 0.6) is 0 Å². The third-order valence-electron chi connectivity index (χ3n) is 4.07. The predicted octanol–water partition coefficient (Wildman–Crippen LogP) is 3.57. The third kappa shape index (κ3) is 5.88. The summed E-state index contributed by atoms with van der Waals surface area (Å²) in [6, 6.07) is 5.61. The van der Waals surface area contributed by atoms with E-state index < -0.39 is 11.8 Å². The fourth-order valence-corrected chi connectivity index (χ4v) is 2.27. The van der Waals surface area contributed by atoms with Crippen LogP contribution in [-0.4, -0.2) is 18.4 Å². The van der Waals surface area contributed by atoms with Crippen LogP contribution in [-0.2, 0) is 9.59 Å². The van der Waals surface area contributed by atoms with Gasteiger partial charge in [-0.25, -0.2) is 0 Å². The third-order valence-corrected chi connectivity index (χ3v) is 4.07. The molecular formula is C18H28N2O2. The Balaban J connectivity index is 2.47. The molecule has 0 saturated heterocycles. The van der Waals surface area contributed by atoms with Crippen LogP contribution in [0.25, 0.3) is 0 Å². The Morgan fingerprint density at radius 3 is 2.41 bits per heavy atom. The minimum atomic E-state index is -0.603. The number of carbonyl (C=O) groups excluding carboxylic acids is 2. The van der Waals surface area contributed by atoms with Gasteiger partial charge in [0.1, 0.15) is 0 Å². The standard InChI is InChI=1S/C18H28N2O2/c1-5-7-8-15(6-2)12-19-17(21)18(22)20-16-10-9-13(3)14(4)11-16/h9-11,15H,5-8,12H2,1-4H3,(H,19,21)(H,20,22)/t15-/m0/s1. The van der Waals surface area contributed by atoms with E-state index in [9.17, 15) is 9.59 Å². The number of rotatable bonds is 7. The van der Waals surface area contributed by atoms with E-state index >= 15 is 0 Å². The minimum absolute atomic E-state index is 0.443. The van der Waals surface area contributed by atoms with E-state index in [1.165, 1.54) is 0 Å². The number of benzene rings is 1. The average molecular weight is 304 g/mol. The van der Waals surface area contributed by atoms with E-state index in [0.29, 0.717) is 18.2 Å². The maximum atomic E-state index is 11.9. The molecule has 1 aromatic rings. The second-order valence-corrected chi connectivity index (χ2v) is 5.88. The lowest BCUT2D eigenvalue weighted by Crippen LogP contribution is -2.38. The Hall–Kier alpha value is -1.84. The SMILES string of the molecule is CCCC[C@H](CC)CNC(=O)C(=O)Nc1ccc(C)c(C)c1. The van der Waals surface area contributed by atoms with Crippen molar-refractivity contribution in [3.63, 3.8) is 0 Å². The molecule has 4 heteroatoms. The number of nitrogens with one attached hydrogen (secondary N) is 2. The summed E-state index contributed by atoms with van der Waals surface area (Å²) < 4.78 is 0. The first-order valence-corrected chi connectivity index (χ1v) is 8.14. The molecule has 4 nitrogen and oxygen atoms in total. The van der Waals surface area contributed by atoms with Crippen LogP contribution in [0.4, 0.5) is 5.69 Å². The molecule has 2 amide bonds. The summed E-state index contributed by atoms with van der Waals surface area (Å²) in [4.78, 5) is 23.8. The summed E-state index contributed by atoms with van der Waals surface area (Å²) in [7, 11) is 0. The Morgan fingerprint density at radius 2 is 1.82 bits per heavy atom. The molecule has 0 spiro atoms. The number of unbranched alkanes of at least 4 members (excludes halogenated alkanes) is 1. The molecule has 0 heterocycles. The monoisotopic (exact) mass is 304 g/mol. The van der Waals surface area contributed by atoms with Crippen molar-refractivity contribution in [2.24, 2.45) is 5.92 Å². The lowest BCUT2D eigenvalue weighted by molar-refractivity contribution is -0.136. The van der Waals surface area contributed by atoms with Crippen LogP contribution in [0.15, 0.2) is 18.2 Å². The number of carbonyl (C=O) groups is 2. The minimum Gasteiger partial charge on any atom is -0.348 e. The molecule has 2 N–H and O–H groups in total. The van der Waals surface area contributed by atoms with Gasteiger partial charge in [-0.1, -0.05) is 39.2 Å². The van der Waals surface area contributed by atoms with Gasteiger partial charge < -0.3 is 10.6 Å². The number of hydrogen-bond donors (Lipinski definition) is 2. The summed E-state index contributed by atoms with van der Waals surface area (Å²) in [5, 5.41) is 5.38. The van der Waals surface area contributed by atoms with Crippen molar-refractivity contribution in [2.75, 3.05) is 11.9 Å². The van der Waals surface area contributed by atoms with Gasteiger partial charge in [0.25, 0.3) is 0 Å². The smallest absolute Gasteiger partial charge is 0.313 e. The Morgan fingerprint density at radius 1 is 1.09 bits per heavy atom. The molecule has 1 aromatic carbocycles. The maximum Gasteiger partial charge on any atom is 0.313 e. The largest absolute Gasteiger partial charge is 0.348 e. The van der Waals surface area contributed by atoms with Crippen LogP contribution < -0.4 is 10.6 Å². The van der Waals surface area contributed by atoms with Crippen LogP contribution in [0.1, 0.15) is 50.7 Å². The van der Waals surface area contributed by atoms with Gasteiger partial charge in [0.05, 0.1) is 0 Å². The molecule has 0 radical (unpaired) electrons. The van der Waals surface area contributed by atoms with Gasteiger partial charge in [-0.2, -0.15) is 0 Å². The maximum absolute atomic E-state index is 11.9. The van der Waals surface area contributed by atoms with E-state index in [1.807, 2.05) is 32.0 Å². The lowest BCUT2D eigenvalue weighted by Gasteiger charge is -2.15. The van der Waals surface area contributed by atoms with Gasteiger partial charge in [-0.05, 0) is 49.4 Å². The molecule has 1 atom stereocenters. The summed E-state index contributed by atoms with van der Waals surface area (Å²) in [6.45, 7) is 8.82. The molecule has 0 aromatic heterocycles. The fourth-order valence-electron chi connectivity index (χ4n) is 2.27. The second-order valence-electron chi connectivity index (χ2n) is 5.88. The van der Waals surface area contributed by atoms with Crippen molar-refractivity contribution in [3.8, 4) is 0 Å². The van der Waals surface area contributed by atoms with E-state index in [4.69, 9.17) is 0 Å². The zero-order chi connectivity index (χ0) is 16.5. The molecule has 1 rings (SSSR count). The topological polar surface area (TPSA) is 58.2 Å². The molecule has 0 bridgehead atoms. The zero-order valence-electron chi connectivity index (χ0n) is 14.2. The van der Waals surface area contributed by atoms with Gasteiger partial charge in [-0.3, -0.25) is 9.59 Å². The first-order valence-electron chi connectivity index (χ1n) is 8.14. The van der Waals surface area contributed by atoms with Crippen molar-refractivity contribution in [2.45, 2.75) is 53.4 Å². The van der Waals surface area contributed by atoms with Crippen molar-refractivity contribution < 1.29 is 9.59 Å². The van der Waals surface area contributed by atoms with E-state index in [-0.39, 0.29) is 0 Å².